The molecule has 5 nitrogen and oxygen atoms in total. The van der Waals surface area contributed by atoms with Crippen LogP contribution in [-0.4, -0.2) is 16.7 Å². The fourth-order valence-electron chi connectivity index (χ4n) is 1.87. The molecule has 102 valence electrons. The molecule has 0 unspecified atom stereocenters. The summed E-state index contributed by atoms with van der Waals surface area (Å²) >= 11 is 5.77. The Morgan fingerprint density at radius 1 is 1.45 bits per heavy atom. The second-order valence-corrected chi connectivity index (χ2v) is 4.51. The molecule has 0 spiro atoms. The first-order chi connectivity index (χ1) is 9.74. The van der Waals surface area contributed by atoms with Crippen molar-refractivity contribution in [2.75, 3.05) is 7.11 Å². The Kier molecular flexibility index (Phi) is 4.88. The smallest absolute Gasteiger partial charge is 0.207 e. The quantitative estimate of drug-likeness (QED) is 0.639. The lowest BCUT2D eigenvalue weighted by atomic mass is 10.2. The lowest BCUT2D eigenvalue weighted by Gasteiger charge is -2.10. The maximum Gasteiger partial charge on any atom is 0.207 e. The van der Waals surface area contributed by atoms with E-state index < -0.39 is 0 Å². The molecule has 20 heavy (non-hydrogen) atoms. The van der Waals surface area contributed by atoms with Gasteiger partial charge in [0.1, 0.15) is 5.15 Å². The summed E-state index contributed by atoms with van der Waals surface area (Å²) in [5, 5.41) is 9.29. The van der Waals surface area contributed by atoms with E-state index in [1.165, 1.54) is 0 Å². The summed E-state index contributed by atoms with van der Waals surface area (Å²) in [4.78, 5) is 7.92. The zero-order chi connectivity index (χ0) is 14.4. The molecule has 2 heterocycles. The van der Waals surface area contributed by atoms with Gasteiger partial charge in [0.05, 0.1) is 13.2 Å². The minimum atomic E-state index is 0.403. The largest absolute Gasteiger partial charge is 0.380 e. The van der Waals surface area contributed by atoms with Crippen molar-refractivity contribution < 1.29 is 4.74 Å². The molecule has 2 aromatic rings. The lowest BCUT2D eigenvalue weighted by Crippen LogP contribution is -2.25. The normalized spacial score (nSPS) is 11.3. The van der Waals surface area contributed by atoms with Crippen molar-refractivity contribution in [1.82, 2.24) is 9.55 Å². The fourth-order valence-corrected chi connectivity index (χ4v) is 1.98. The summed E-state index contributed by atoms with van der Waals surface area (Å²) in [6.45, 7) is 0.961. The number of hydrogen-bond donors (Lipinski definition) is 0. The molecule has 0 amide bonds. The minimum Gasteiger partial charge on any atom is -0.380 e. The van der Waals surface area contributed by atoms with Crippen molar-refractivity contribution >= 4 is 11.6 Å². The predicted octanol–water partition coefficient (Wildman–Crippen LogP) is 2.11. The molecule has 0 fully saturated rings. The van der Waals surface area contributed by atoms with E-state index in [0.29, 0.717) is 23.8 Å². The minimum absolute atomic E-state index is 0.403. The van der Waals surface area contributed by atoms with Gasteiger partial charge in [0.2, 0.25) is 6.19 Å². The SMILES string of the molecule is COCc1cccn(Cc2ccc(Cl)nc2)/c1=N/C#N. The summed E-state index contributed by atoms with van der Waals surface area (Å²) in [5.41, 5.74) is 2.42. The molecular weight excluding hydrogens is 276 g/mol. The second kappa shape index (κ2) is 6.85. The molecule has 2 aromatic heterocycles. The Labute approximate surface area is 121 Å². The van der Waals surface area contributed by atoms with Gasteiger partial charge in [-0.15, -0.1) is 0 Å². The molecule has 0 atom stereocenters. The van der Waals surface area contributed by atoms with Crippen LogP contribution >= 0.6 is 11.6 Å². The summed E-state index contributed by atoms with van der Waals surface area (Å²) in [6, 6.07) is 7.41. The van der Waals surface area contributed by atoms with Gasteiger partial charge in [0.15, 0.2) is 5.49 Å². The predicted molar refractivity (Wildman–Crippen MR) is 74.7 cm³/mol. The molecule has 0 radical (unpaired) electrons. The van der Waals surface area contributed by atoms with Gasteiger partial charge in [0.25, 0.3) is 0 Å². The van der Waals surface area contributed by atoms with Crippen molar-refractivity contribution in [1.29, 1.82) is 5.26 Å². The van der Waals surface area contributed by atoms with Gasteiger partial charge in [-0.25, -0.2) is 4.98 Å². The third-order valence-electron chi connectivity index (χ3n) is 2.72. The molecule has 0 bridgehead atoms. The molecule has 0 aromatic carbocycles. The van der Waals surface area contributed by atoms with Crippen LogP contribution in [0.4, 0.5) is 0 Å². The zero-order valence-corrected chi connectivity index (χ0v) is 11.7. The molecule has 0 aliphatic carbocycles. The number of nitriles is 1. The number of methoxy groups -OCH3 is 1. The molecule has 0 aliphatic rings. The van der Waals surface area contributed by atoms with Gasteiger partial charge in [-0.3, -0.25) is 0 Å². The van der Waals surface area contributed by atoms with E-state index in [4.69, 9.17) is 21.6 Å². The van der Waals surface area contributed by atoms with E-state index in [0.717, 1.165) is 11.1 Å². The van der Waals surface area contributed by atoms with Crippen LogP contribution in [0.5, 0.6) is 0 Å². The highest BCUT2D eigenvalue weighted by molar-refractivity contribution is 6.29. The van der Waals surface area contributed by atoms with Gasteiger partial charge in [-0.05, 0) is 17.7 Å². The van der Waals surface area contributed by atoms with Gasteiger partial charge < -0.3 is 9.30 Å². The number of halogens is 1. The van der Waals surface area contributed by atoms with Crippen molar-refractivity contribution in [3.8, 4) is 6.19 Å². The molecule has 0 saturated heterocycles. The van der Waals surface area contributed by atoms with Crippen LogP contribution in [0.15, 0.2) is 41.7 Å². The Morgan fingerprint density at radius 2 is 2.30 bits per heavy atom. The van der Waals surface area contributed by atoms with E-state index in [9.17, 15) is 0 Å². The summed E-state index contributed by atoms with van der Waals surface area (Å²) in [6.07, 6.45) is 5.40. The maximum atomic E-state index is 8.84. The van der Waals surface area contributed by atoms with Crippen molar-refractivity contribution in [3.63, 3.8) is 0 Å². The molecule has 0 N–H and O–H groups in total. The number of pyridine rings is 2. The van der Waals surface area contributed by atoms with Gasteiger partial charge in [0, 0.05) is 25.1 Å². The molecule has 2 rings (SSSR count). The number of rotatable bonds is 4. The highest BCUT2D eigenvalue weighted by Crippen LogP contribution is 2.06. The van der Waals surface area contributed by atoms with Crippen molar-refractivity contribution in [3.05, 3.63) is 58.4 Å². The zero-order valence-electron chi connectivity index (χ0n) is 11.0. The van der Waals surface area contributed by atoms with Gasteiger partial charge >= 0.3 is 0 Å². The average Bonchev–Trinajstić information content (AvgIpc) is 2.45. The molecule has 0 saturated carbocycles. The van der Waals surface area contributed by atoms with E-state index >= 15 is 0 Å². The van der Waals surface area contributed by atoms with Crippen LogP contribution in [0, 0.1) is 11.5 Å². The van der Waals surface area contributed by atoms with E-state index in [1.807, 2.05) is 35.2 Å². The highest BCUT2D eigenvalue weighted by atomic mass is 35.5. The summed E-state index contributed by atoms with van der Waals surface area (Å²) < 4.78 is 7.00. The van der Waals surface area contributed by atoms with Crippen molar-refractivity contribution in [2.45, 2.75) is 13.2 Å². The van der Waals surface area contributed by atoms with Gasteiger partial charge in [-0.2, -0.15) is 10.3 Å². The Bertz CT molecular complexity index is 686. The average molecular weight is 289 g/mol. The van der Waals surface area contributed by atoms with Crippen LogP contribution in [0.2, 0.25) is 5.15 Å². The maximum absolute atomic E-state index is 8.84. The van der Waals surface area contributed by atoms with E-state index in [-0.39, 0.29) is 0 Å². The molecule has 6 heteroatoms. The monoisotopic (exact) mass is 288 g/mol. The van der Waals surface area contributed by atoms with Crippen LogP contribution in [0.3, 0.4) is 0 Å². The Hall–Kier alpha value is -2.16. The first kappa shape index (κ1) is 14.3. The first-order valence-electron chi connectivity index (χ1n) is 5.95. The van der Waals surface area contributed by atoms with E-state index in [1.54, 1.807) is 19.4 Å². The topological polar surface area (TPSA) is 63.2 Å². The third-order valence-corrected chi connectivity index (χ3v) is 2.94. The lowest BCUT2D eigenvalue weighted by molar-refractivity contribution is 0.183. The Balaban J connectivity index is 2.41. The third kappa shape index (κ3) is 3.44. The Morgan fingerprint density at radius 3 is 2.95 bits per heavy atom. The molecule has 0 aliphatic heterocycles. The first-order valence-corrected chi connectivity index (χ1v) is 6.33. The van der Waals surface area contributed by atoms with Gasteiger partial charge in [-0.1, -0.05) is 23.7 Å². The summed E-state index contributed by atoms with van der Waals surface area (Å²) in [7, 11) is 1.61. The van der Waals surface area contributed by atoms with E-state index in [2.05, 4.69) is 9.98 Å². The van der Waals surface area contributed by atoms with Crippen LogP contribution in [0.25, 0.3) is 0 Å². The number of nitrogens with zero attached hydrogens (tertiary/aromatic N) is 4. The van der Waals surface area contributed by atoms with Crippen LogP contribution in [-0.2, 0) is 17.9 Å². The fraction of sp³-hybridized carbons (Fsp3) is 0.214. The number of hydrogen-bond acceptors (Lipinski definition) is 4. The molecular formula is C14H13ClN4O. The second-order valence-electron chi connectivity index (χ2n) is 4.12. The highest BCUT2D eigenvalue weighted by Gasteiger charge is 2.03. The van der Waals surface area contributed by atoms with Crippen molar-refractivity contribution in [2.24, 2.45) is 4.99 Å². The van der Waals surface area contributed by atoms with Crippen LogP contribution < -0.4 is 5.49 Å². The summed E-state index contributed by atoms with van der Waals surface area (Å²) in [5.74, 6) is 0. The number of ether oxygens (including phenoxy) is 1. The van der Waals surface area contributed by atoms with Crippen LogP contribution in [0.1, 0.15) is 11.1 Å². The standard InChI is InChI=1S/C14H13ClN4O/c1-20-9-12-3-2-6-19(14(12)18-10-16)8-11-4-5-13(15)17-7-11/h2-7H,8-9H2,1H3/b18-14+. The number of aromatic nitrogens is 2.